The van der Waals surface area contributed by atoms with Crippen LogP contribution in [0.15, 0.2) is 142 Å². The van der Waals surface area contributed by atoms with E-state index in [0.717, 1.165) is 84.7 Å². The SMILES string of the molecule is CC(C)(C)c1ccc(Nc2cc3oc4ccccc4c3cc2-c2c3c4c(c5cc6c(cc5n4-c4cc5c(cc4[B]3)-c3ccccc3C5(C)C)C(C)(C)CCC6(C)C)c3c2oc2ccccc23)cc1. The predicted octanol–water partition coefficient (Wildman–Crippen LogP) is 15.9. The van der Waals surface area contributed by atoms with E-state index in [1.165, 1.54) is 71.9 Å². The summed E-state index contributed by atoms with van der Waals surface area (Å²) in [6.07, 6.45) is 2.30. The van der Waals surface area contributed by atoms with Gasteiger partial charge in [-0.3, -0.25) is 0 Å². The van der Waals surface area contributed by atoms with Crippen molar-refractivity contribution >= 4 is 95.3 Å². The second kappa shape index (κ2) is 13.2. The Hall–Kier alpha value is -6.98. The maximum absolute atomic E-state index is 7.35. The first-order valence-corrected chi connectivity index (χ1v) is 24.5. The zero-order valence-electron chi connectivity index (χ0n) is 40.5. The van der Waals surface area contributed by atoms with E-state index in [9.17, 15) is 0 Å². The summed E-state index contributed by atoms with van der Waals surface area (Å²) < 4.78 is 16.7. The molecule has 4 heterocycles. The molecule has 0 atom stereocenters. The third-order valence-electron chi connectivity index (χ3n) is 16.6. The van der Waals surface area contributed by atoms with Gasteiger partial charge >= 0.3 is 0 Å². The number of nitrogens with one attached hydrogen (secondary N) is 1. The number of benzene rings is 8. The number of anilines is 2. The highest BCUT2D eigenvalue weighted by molar-refractivity contribution is 6.74. The fraction of sp³-hybridized carbons (Fsp3) is 0.238. The van der Waals surface area contributed by atoms with Crippen LogP contribution in [-0.2, 0) is 21.7 Å². The van der Waals surface area contributed by atoms with Crippen LogP contribution >= 0.6 is 0 Å². The molecule has 0 bridgehead atoms. The first-order chi connectivity index (χ1) is 32.6. The van der Waals surface area contributed by atoms with E-state index in [-0.39, 0.29) is 21.7 Å². The number of aromatic nitrogens is 1. The molecule has 331 valence electrons. The molecular formula is C63H54BN2O2. The van der Waals surface area contributed by atoms with E-state index in [0.29, 0.717) is 0 Å². The highest BCUT2D eigenvalue weighted by atomic mass is 16.3. The summed E-state index contributed by atoms with van der Waals surface area (Å²) in [7, 11) is 2.49. The number of fused-ring (bicyclic) bond motifs is 16. The van der Waals surface area contributed by atoms with Crippen molar-refractivity contribution in [2.24, 2.45) is 0 Å². The van der Waals surface area contributed by atoms with E-state index in [1.54, 1.807) is 0 Å². The maximum atomic E-state index is 7.35. The van der Waals surface area contributed by atoms with Crippen LogP contribution in [-0.4, -0.2) is 11.8 Å². The first kappa shape index (κ1) is 40.1. The lowest BCUT2D eigenvalue weighted by molar-refractivity contribution is 0.332. The number of nitrogens with zero attached hydrogens (tertiary/aromatic N) is 1. The second-order valence-corrected chi connectivity index (χ2v) is 23.0. The predicted molar refractivity (Wildman–Crippen MR) is 287 cm³/mol. The lowest BCUT2D eigenvalue weighted by Gasteiger charge is -2.42. The Morgan fingerprint density at radius 2 is 1.24 bits per heavy atom. The molecule has 1 radical (unpaired) electrons. The van der Waals surface area contributed by atoms with Gasteiger partial charge in [0, 0.05) is 71.8 Å². The monoisotopic (exact) mass is 881 g/mol. The Kier molecular flexibility index (Phi) is 7.77. The van der Waals surface area contributed by atoms with Gasteiger partial charge in [-0.05, 0) is 122 Å². The zero-order chi connectivity index (χ0) is 46.4. The van der Waals surface area contributed by atoms with E-state index in [4.69, 9.17) is 8.83 Å². The standard InChI is InChI=1S/C63H54BN2O2/c1-60(2,3)34-22-24-35(25-23-34)65-48-33-53-40(37-17-11-14-20-51(37)67-53)28-41(48)56-57-58-54(55-38-18-12-15-21-52(38)68-59(55)56)42-29-45-46(62(6,7)27-26-61(45,4)5)32-49(42)66(58)50-31-44-39(30-47(50)64-57)36-16-10-13-19-43(36)63(44,8)9/h10-25,28-33,65H,26-27H2,1-9H3. The largest absolute Gasteiger partial charge is 0.456 e. The molecule has 14 rings (SSSR count). The summed E-state index contributed by atoms with van der Waals surface area (Å²) in [6, 6.07) is 49.8. The van der Waals surface area contributed by atoms with Crippen LogP contribution < -0.4 is 16.2 Å². The molecule has 11 aromatic rings. The Morgan fingerprint density at radius 3 is 1.99 bits per heavy atom. The molecule has 0 saturated heterocycles. The molecule has 68 heavy (non-hydrogen) atoms. The topological polar surface area (TPSA) is 43.2 Å². The second-order valence-electron chi connectivity index (χ2n) is 23.0. The maximum Gasteiger partial charge on any atom is 0.198 e. The van der Waals surface area contributed by atoms with Crippen LogP contribution in [0.4, 0.5) is 11.4 Å². The number of furan rings is 2. The van der Waals surface area contributed by atoms with Crippen LogP contribution in [0.25, 0.3) is 93.6 Å². The van der Waals surface area contributed by atoms with Crippen molar-refractivity contribution < 1.29 is 8.83 Å². The number of para-hydroxylation sites is 2. The highest BCUT2D eigenvalue weighted by Crippen LogP contribution is 2.54. The summed E-state index contributed by atoms with van der Waals surface area (Å²) in [4.78, 5) is 0. The van der Waals surface area contributed by atoms with Crippen molar-refractivity contribution in [3.05, 3.63) is 161 Å². The number of hydrogen-bond acceptors (Lipinski definition) is 3. The number of rotatable bonds is 3. The van der Waals surface area contributed by atoms with Crippen molar-refractivity contribution in [1.29, 1.82) is 0 Å². The fourth-order valence-electron chi connectivity index (χ4n) is 12.7. The van der Waals surface area contributed by atoms with E-state index >= 15 is 0 Å². The van der Waals surface area contributed by atoms with Crippen LogP contribution in [0.3, 0.4) is 0 Å². The molecule has 0 saturated carbocycles. The van der Waals surface area contributed by atoms with Gasteiger partial charge < -0.3 is 18.7 Å². The van der Waals surface area contributed by atoms with E-state index < -0.39 is 0 Å². The van der Waals surface area contributed by atoms with Crippen molar-refractivity contribution in [3.8, 4) is 27.9 Å². The van der Waals surface area contributed by atoms with Gasteiger partial charge in [0.15, 0.2) is 7.28 Å². The molecule has 3 aromatic heterocycles. The third-order valence-corrected chi connectivity index (χ3v) is 16.6. The fourth-order valence-corrected chi connectivity index (χ4v) is 12.7. The molecule has 5 heteroatoms. The average Bonchev–Trinajstić information content (AvgIpc) is 4.04. The summed E-state index contributed by atoms with van der Waals surface area (Å²) in [5, 5.41) is 11.0. The summed E-state index contributed by atoms with van der Waals surface area (Å²) in [6.45, 7) is 21.4. The molecule has 8 aromatic carbocycles. The molecule has 2 aliphatic carbocycles. The summed E-state index contributed by atoms with van der Waals surface area (Å²) in [5.74, 6) is 0. The van der Waals surface area contributed by atoms with Gasteiger partial charge in [0.1, 0.15) is 22.3 Å². The molecule has 1 aliphatic heterocycles. The van der Waals surface area contributed by atoms with E-state index in [1.807, 2.05) is 0 Å². The van der Waals surface area contributed by atoms with Crippen molar-refractivity contribution in [1.82, 2.24) is 4.57 Å². The molecule has 0 amide bonds. The van der Waals surface area contributed by atoms with Crippen molar-refractivity contribution in [2.75, 3.05) is 5.32 Å². The molecule has 4 nitrogen and oxygen atoms in total. The minimum absolute atomic E-state index is 0.0288. The highest BCUT2D eigenvalue weighted by Gasteiger charge is 2.41. The van der Waals surface area contributed by atoms with Crippen molar-refractivity contribution in [3.63, 3.8) is 0 Å². The van der Waals surface area contributed by atoms with Crippen molar-refractivity contribution in [2.45, 2.75) is 96.8 Å². The van der Waals surface area contributed by atoms with Crippen LogP contribution in [0.2, 0.25) is 0 Å². The molecular weight excluding hydrogens is 828 g/mol. The van der Waals surface area contributed by atoms with Gasteiger partial charge in [0.25, 0.3) is 0 Å². The Labute approximate surface area is 398 Å². The Morgan fingerprint density at radius 1 is 0.559 bits per heavy atom. The van der Waals surface area contributed by atoms with Gasteiger partial charge in [-0.25, -0.2) is 0 Å². The van der Waals surface area contributed by atoms with Gasteiger partial charge in [0.2, 0.25) is 0 Å². The lowest BCUT2D eigenvalue weighted by Crippen LogP contribution is -2.38. The molecule has 1 N–H and O–H groups in total. The van der Waals surface area contributed by atoms with E-state index in [2.05, 4.69) is 213 Å². The third kappa shape index (κ3) is 5.33. The average molecular weight is 882 g/mol. The minimum Gasteiger partial charge on any atom is -0.456 e. The van der Waals surface area contributed by atoms with Gasteiger partial charge in [-0.1, -0.05) is 147 Å². The lowest BCUT2D eigenvalue weighted by atomic mass is 9.58. The zero-order valence-corrected chi connectivity index (χ0v) is 40.5. The van der Waals surface area contributed by atoms with Gasteiger partial charge in [0.05, 0.1) is 11.2 Å². The molecule has 0 fully saturated rings. The van der Waals surface area contributed by atoms with Crippen LogP contribution in [0.5, 0.6) is 0 Å². The van der Waals surface area contributed by atoms with Crippen LogP contribution in [0, 0.1) is 0 Å². The summed E-state index contributed by atoms with van der Waals surface area (Å²) >= 11 is 0. The van der Waals surface area contributed by atoms with Crippen LogP contribution in [0.1, 0.15) is 103 Å². The first-order valence-electron chi connectivity index (χ1n) is 24.5. The number of hydrogen-bond donors (Lipinski definition) is 1. The van der Waals surface area contributed by atoms with Gasteiger partial charge in [-0.2, -0.15) is 0 Å². The molecule has 3 aliphatic rings. The Balaban J connectivity index is 1.16. The quantitative estimate of drug-likeness (QED) is 0.180. The minimum atomic E-state index is -0.154. The summed E-state index contributed by atoms with van der Waals surface area (Å²) in [5.41, 5.74) is 23.3. The smallest absolute Gasteiger partial charge is 0.198 e. The Bertz CT molecular complexity index is 4030. The van der Waals surface area contributed by atoms with Gasteiger partial charge in [-0.15, -0.1) is 0 Å². The molecule has 0 spiro atoms. The normalized spacial score (nSPS) is 16.4. The molecule has 0 unspecified atom stereocenters.